The minimum atomic E-state index is -3.13. The molecule has 20 heavy (non-hydrogen) atoms. The van der Waals surface area contributed by atoms with Crippen molar-refractivity contribution >= 4 is 27.3 Å². The Morgan fingerprint density at radius 1 is 1.50 bits per heavy atom. The number of hydrogen-bond acceptors (Lipinski definition) is 4. The Bertz CT molecular complexity index is 557. The lowest BCUT2D eigenvalue weighted by atomic mass is 10.0. The van der Waals surface area contributed by atoms with E-state index < -0.39 is 10.0 Å². The minimum absolute atomic E-state index is 0.161. The molecular formula is C13H19ClN2O3S. The van der Waals surface area contributed by atoms with Crippen LogP contribution in [0.1, 0.15) is 12.8 Å². The van der Waals surface area contributed by atoms with E-state index in [1.807, 2.05) is 0 Å². The third-order valence-corrected chi connectivity index (χ3v) is 4.98. The lowest BCUT2D eigenvalue weighted by Gasteiger charge is -2.30. The number of benzene rings is 1. The Morgan fingerprint density at radius 3 is 2.90 bits per heavy atom. The van der Waals surface area contributed by atoms with Crippen LogP contribution in [-0.2, 0) is 10.0 Å². The van der Waals surface area contributed by atoms with Crippen LogP contribution in [0.15, 0.2) is 18.2 Å². The Hall–Kier alpha value is -0.980. The maximum Gasteiger partial charge on any atom is 0.211 e. The van der Waals surface area contributed by atoms with E-state index in [2.05, 4.69) is 0 Å². The van der Waals surface area contributed by atoms with Gasteiger partial charge in [-0.2, -0.15) is 0 Å². The standard InChI is InChI=1S/C13H19ClN2O3S/c1-20(17,18)16-7-3-4-10(8-16)9-19-13-11(14)5-2-6-12(13)15/h2,5-6,10H,3-4,7-9,15H2,1H3. The van der Waals surface area contributed by atoms with Crippen molar-refractivity contribution in [1.82, 2.24) is 4.31 Å². The Morgan fingerprint density at radius 2 is 2.25 bits per heavy atom. The maximum atomic E-state index is 11.6. The first kappa shape index (κ1) is 15.4. The van der Waals surface area contributed by atoms with Crippen LogP contribution in [0.2, 0.25) is 5.02 Å². The number of rotatable bonds is 4. The summed E-state index contributed by atoms with van der Waals surface area (Å²) in [5.74, 6) is 0.639. The molecule has 112 valence electrons. The Labute approximate surface area is 124 Å². The fraction of sp³-hybridized carbons (Fsp3) is 0.538. The lowest BCUT2D eigenvalue weighted by Crippen LogP contribution is -2.40. The molecule has 1 aliphatic rings. The quantitative estimate of drug-likeness (QED) is 0.861. The number of ether oxygens (including phenoxy) is 1. The molecule has 0 aromatic heterocycles. The number of hydrogen-bond donors (Lipinski definition) is 1. The van der Waals surface area contributed by atoms with Gasteiger partial charge in [0.2, 0.25) is 10.0 Å². The van der Waals surface area contributed by atoms with Gasteiger partial charge < -0.3 is 10.5 Å². The normalized spacial score (nSPS) is 20.8. The third-order valence-electron chi connectivity index (χ3n) is 3.41. The molecule has 1 saturated heterocycles. The zero-order valence-corrected chi connectivity index (χ0v) is 13.0. The van der Waals surface area contributed by atoms with Crippen molar-refractivity contribution in [2.24, 2.45) is 5.92 Å². The predicted molar refractivity (Wildman–Crippen MR) is 80.5 cm³/mol. The molecule has 0 spiro atoms. The first-order valence-corrected chi connectivity index (χ1v) is 8.72. The summed E-state index contributed by atoms with van der Waals surface area (Å²) in [4.78, 5) is 0. The molecule has 1 aliphatic heterocycles. The van der Waals surface area contributed by atoms with E-state index >= 15 is 0 Å². The highest BCUT2D eigenvalue weighted by molar-refractivity contribution is 7.88. The number of nitrogens with zero attached hydrogens (tertiary/aromatic N) is 1. The number of nitrogens with two attached hydrogens (primary N) is 1. The van der Waals surface area contributed by atoms with Gasteiger partial charge in [0, 0.05) is 19.0 Å². The highest BCUT2D eigenvalue weighted by Gasteiger charge is 2.26. The summed E-state index contributed by atoms with van der Waals surface area (Å²) >= 11 is 6.04. The first-order chi connectivity index (χ1) is 9.38. The number of sulfonamides is 1. The van der Waals surface area contributed by atoms with Crippen LogP contribution in [0.3, 0.4) is 0 Å². The number of nitrogen functional groups attached to an aromatic ring is 1. The van der Waals surface area contributed by atoms with Crippen LogP contribution in [0.4, 0.5) is 5.69 Å². The smallest absolute Gasteiger partial charge is 0.211 e. The van der Waals surface area contributed by atoms with Gasteiger partial charge >= 0.3 is 0 Å². The summed E-state index contributed by atoms with van der Waals surface area (Å²) in [5, 5.41) is 0.473. The van der Waals surface area contributed by atoms with E-state index in [-0.39, 0.29) is 5.92 Å². The predicted octanol–water partition coefficient (Wildman–Crippen LogP) is 1.97. The van der Waals surface area contributed by atoms with Gasteiger partial charge in [-0.25, -0.2) is 12.7 Å². The number of piperidine rings is 1. The molecule has 5 nitrogen and oxygen atoms in total. The summed E-state index contributed by atoms with van der Waals surface area (Å²) in [7, 11) is -3.13. The lowest BCUT2D eigenvalue weighted by molar-refractivity contribution is 0.181. The highest BCUT2D eigenvalue weighted by atomic mass is 35.5. The molecule has 1 aromatic carbocycles. The zero-order valence-electron chi connectivity index (χ0n) is 11.4. The second kappa shape index (κ2) is 6.20. The zero-order chi connectivity index (χ0) is 14.8. The van der Waals surface area contributed by atoms with Crippen molar-refractivity contribution in [1.29, 1.82) is 0 Å². The van der Waals surface area contributed by atoms with Gasteiger partial charge in [0.1, 0.15) is 0 Å². The summed E-state index contributed by atoms with van der Waals surface area (Å²) < 4.78 is 30.3. The van der Waals surface area contributed by atoms with Crippen LogP contribution in [0, 0.1) is 5.92 Å². The minimum Gasteiger partial charge on any atom is -0.490 e. The number of anilines is 1. The van der Waals surface area contributed by atoms with Gasteiger partial charge in [-0.3, -0.25) is 0 Å². The second-order valence-corrected chi connectivity index (χ2v) is 7.49. The van der Waals surface area contributed by atoms with Gasteiger partial charge in [-0.15, -0.1) is 0 Å². The summed E-state index contributed by atoms with van der Waals surface area (Å²) in [6, 6.07) is 5.21. The SMILES string of the molecule is CS(=O)(=O)N1CCCC(COc2c(N)cccc2Cl)C1. The van der Waals surface area contributed by atoms with Gasteiger partial charge in [-0.1, -0.05) is 17.7 Å². The molecule has 2 rings (SSSR count). The fourth-order valence-electron chi connectivity index (χ4n) is 2.34. The van der Waals surface area contributed by atoms with E-state index in [0.29, 0.717) is 36.2 Å². The fourth-order valence-corrected chi connectivity index (χ4v) is 3.52. The Kier molecular flexibility index (Phi) is 4.78. The van der Waals surface area contributed by atoms with Crippen molar-refractivity contribution in [3.05, 3.63) is 23.2 Å². The van der Waals surface area contributed by atoms with E-state index in [1.54, 1.807) is 18.2 Å². The molecule has 0 saturated carbocycles. The average Bonchev–Trinajstić information content (AvgIpc) is 2.37. The molecular weight excluding hydrogens is 300 g/mol. The van der Waals surface area contributed by atoms with Crippen molar-refractivity contribution in [3.8, 4) is 5.75 Å². The molecule has 0 amide bonds. The molecule has 1 heterocycles. The van der Waals surface area contributed by atoms with Gasteiger partial charge in [0.25, 0.3) is 0 Å². The first-order valence-electron chi connectivity index (χ1n) is 6.50. The molecule has 1 aromatic rings. The van der Waals surface area contributed by atoms with Gasteiger partial charge in [-0.05, 0) is 25.0 Å². The average molecular weight is 319 g/mol. The molecule has 1 atom stereocenters. The second-order valence-electron chi connectivity index (χ2n) is 5.10. The number of para-hydroxylation sites is 1. The molecule has 0 radical (unpaired) electrons. The maximum absolute atomic E-state index is 11.6. The molecule has 0 bridgehead atoms. The van der Waals surface area contributed by atoms with Crippen LogP contribution in [0.5, 0.6) is 5.75 Å². The number of halogens is 1. The molecule has 1 fully saturated rings. The summed E-state index contributed by atoms with van der Waals surface area (Å²) in [6.07, 6.45) is 3.03. The van der Waals surface area contributed by atoms with Crippen LogP contribution in [-0.4, -0.2) is 38.7 Å². The molecule has 0 aliphatic carbocycles. The topological polar surface area (TPSA) is 72.6 Å². The van der Waals surface area contributed by atoms with Crippen LogP contribution in [0.25, 0.3) is 0 Å². The van der Waals surface area contributed by atoms with Crippen LogP contribution >= 0.6 is 11.6 Å². The molecule has 2 N–H and O–H groups in total. The van der Waals surface area contributed by atoms with E-state index in [4.69, 9.17) is 22.1 Å². The van der Waals surface area contributed by atoms with E-state index in [0.717, 1.165) is 12.8 Å². The third kappa shape index (κ3) is 3.77. The van der Waals surface area contributed by atoms with Gasteiger partial charge in [0.15, 0.2) is 5.75 Å². The van der Waals surface area contributed by atoms with E-state index in [1.165, 1.54) is 10.6 Å². The van der Waals surface area contributed by atoms with Crippen molar-refractivity contribution < 1.29 is 13.2 Å². The molecule has 1 unspecified atom stereocenters. The van der Waals surface area contributed by atoms with Crippen molar-refractivity contribution in [3.63, 3.8) is 0 Å². The summed E-state index contributed by atoms with van der Waals surface area (Å²) in [5.41, 5.74) is 6.31. The Balaban J connectivity index is 1.97. The van der Waals surface area contributed by atoms with Crippen molar-refractivity contribution in [2.75, 3.05) is 31.7 Å². The summed E-state index contributed by atoms with van der Waals surface area (Å²) in [6.45, 7) is 1.49. The van der Waals surface area contributed by atoms with Crippen LogP contribution < -0.4 is 10.5 Å². The van der Waals surface area contributed by atoms with E-state index in [9.17, 15) is 8.42 Å². The monoisotopic (exact) mass is 318 g/mol. The largest absolute Gasteiger partial charge is 0.490 e. The highest BCUT2D eigenvalue weighted by Crippen LogP contribution is 2.31. The van der Waals surface area contributed by atoms with Gasteiger partial charge in [0.05, 0.1) is 23.6 Å². The van der Waals surface area contributed by atoms with Crippen molar-refractivity contribution in [2.45, 2.75) is 12.8 Å². The molecule has 7 heteroatoms.